The first-order chi connectivity index (χ1) is 24.3. The highest BCUT2D eigenvalue weighted by molar-refractivity contribution is 5.70. The molecule has 50 heavy (non-hydrogen) atoms. The second-order valence-corrected chi connectivity index (χ2v) is 14.5. The molecule has 0 amide bonds. The van der Waals surface area contributed by atoms with E-state index in [0.29, 0.717) is 6.42 Å². The van der Waals surface area contributed by atoms with E-state index in [1.807, 2.05) is 0 Å². The fraction of sp³-hybridized carbons (Fsp3) is 0.950. The number of esters is 2. The molecular weight excluding hydrogens is 640 g/mol. The lowest BCUT2D eigenvalue weighted by molar-refractivity contribution is -0.305. The highest BCUT2D eigenvalue weighted by atomic mass is 16.7. The van der Waals surface area contributed by atoms with Gasteiger partial charge in [-0.2, -0.15) is 0 Å². The van der Waals surface area contributed by atoms with Crippen LogP contribution in [-0.4, -0.2) is 89.0 Å². The van der Waals surface area contributed by atoms with Gasteiger partial charge in [-0.25, -0.2) is 0 Å². The number of carbonyl (C=O) groups excluding carboxylic acids is 2. The Balaban J connectivity index is 2.36. The van der Waals surface area contributed by atoms with Crippen LogP contribution < -0.4 is 0 Å². The summed E-state index contributed by atoms with van der Waals surface area (Å²) in [5.41, 5.74) is 0. The molecule has 0 aromatic rings. The lowest BCUT2D eigenvalue weighted by atomic mass is 9.99. The van der Waals surface area contributed by atoms with Crippen molar-refractivity contribution in [1.82, 2.24) is 0 Å². The lowest BCUT2D eigenvalue weighted by Gasteiger charge is -2.39. The van der Waals surface area contributed by atoms with Crippen LogP contribution in [0.25, 0.3) is 0 Å². The van der Waals surface area contributed by atoms with Gasteiger partial charge in [0, 0.05) is 12.8 Å². The summed E-state index contributed by atoms with van der Waals surface area (Å²) in [4.78, 5) is 25.2. The van der Waals surface area contributed by atoms with Crippen molar-refractivity contribution in [2.75, 3.05) is 19.8 Å². The van der Waals surface area contributed by atoms with Crippen molar-refractivity contribution >= 4 is 11.9 Å². The Kier molecular flexibility index (Phi) is 30.2. The van der Waals surface area contributed by atoms with Crippen molar-refractivity contribution in [3.05, 3.63) is 0 Å². The number of unbranched alkanes of at least 4 members (excludes halogenated alkanes) is 23. The van der Waals surface area contributed by atoms with E-state index < -0.39 is 49.4 Å². The van der Waals surface area contributed by atoms with Gasteiger partial charge in [0.05, 0.1) is 13.2 Å². The van der Waals surface area contributed by atoms with Crippen molar-refractivity contribution in [1.29, 1.82) is 0 Å². The third-order valence-corrected chi connectivity index (χ3v) is 9.74. The molecular formula is C40H76O10. The normalized spacial score (nSPS) is 21.3. The Morgan fingerprint density at radius 3 is 1.36 bits per heavy atom. The Bertz CT molecular complexity index is 794. The molecule has 0 saturated carbocycles. The molecule has 0 aromatic heterocycles. The second-order valence-electron chi connectivity index (χ2n) is 14.5. The predicted molar refractivity (Wildman–Crippen MR) is 197 cm³/mol. The fourth-order valence-corrected chi connectivity index (χ4v) is 6.42. The summed E-state index contributed by atoms with van der Waals surface area (Å²) >= 11 is 0. The Morgan fingerprint density at radius 1 is 0.540 bits per heavy atom. The molecule has 1 heterocycles. The SMILES string of the molecule is CCCCCCCCCCCCCCCC(=O)OC[C@H](CO[C@@H]1O[C@H](CO)[C@H](O)[C@H](O)[C@H]1O)OC(=O)CCCCCCCCCCCCCC. The molecule has 0 bridgehead atoms. The van der Waals surface area contributed by atoms with Crippen molar-refractivity contribution < 1.29 is 49.0 Å². The predicted octanol–water partition coefficient (Wildman–Crippen LogP) is 7.83. The summed E-state index contributed by atoms with van der Waals surface area (Å²) in [5, 5.41) is 39.9. The molecule has 0 radical (unpaired) electrons. The first-order valence-corrected chi connectivity index (χ1v) is 20.6. The molecule has 10 nitrogen and oxygen atoms in total. The monoisotopic (exact) mass is 717 g/mol. The largest absolute Gasteiger partial charge is 0.462 e. The summed E-state index contributed by atoms with van der Waals surface area (Å²) in [7, 11) is 0. The van der Waals surface area contributed by atoms with Crippen molar-refractivity contribution in [2.24, 2.45) is 0 Å². The summed E-state index contributed by atoms with van der Waals surface area (Å²) < 4.78 is 22.1. The fourth-order valence-electron chi connectivity index (χ4n) is 6.42. The van der Waals surface area contributed by atoms with E-state index in [1.165, 1.54) is 116 Å². The van der Waals surface area contributed by atoms with Crippen molar-refractivity contribution in [2.45, 2.75) is 224 Å². The number of rotatable bonds is 34. The molecule has 6 atom stereocenters. The molecule has 4 N–H and O–H groups in total. The quantitative estimate of drug-likeness (QED) is 0.0383. The van der Waals surface area contributed by atoms with Crippen LogP contribution in [0.1, 0.15) is 187 Å². The van der Waals surface area contributed by atoms with Gasteiger partial charge in [0.2, 0.25) is 0 Å². The average Bonchev–Trinajstić information content (AvgIpc) is 3.11. The standard InChI is InChI=1S/C40H76O10/c1-3-5-7-9-11-13-15-17-19-20-22-24-26-28-35(42)47-31-33(32-48-40-39(46)38(45)37(44)34(30-41)50-40)49-36(43)29-27-25-23-21-18-16-14-12-10-8-6-4-2/h33-34,37-41,44-46H,3-32H2,1-2H3/t33-,34-,37+,38+,39-,40-/m1/s1. The first kappa shape index (κ1) is 46.7. The van der Waals surface area contributed by atoms with Crippen molar-refractivity contribution in [3.8, 4) is 0 Å². The molecule has 10 heteroatoms. The zero-order chi connectivity index (χ0) is 36.7. The van der Waals surface area contributed by atoms with Gasteiger partial charge in [-0.15, -0.1) is 0 Å². The van der Waals surface area contributed by atoms with Gasteiger partial charge in [0.15, 0.2) is 12.4 Å². The Morgan fingerprint density at radius 2 is 0.940 bits per heavy atom. The minimum atomic E-state index is -1.59. The van der Waals surface area contributed by atoms with E-state index in [0.717, 1.165) is 38.5 Å². The van der Waals surface area contributed by atoms with Crippen LogP contribution in [0.2, 0.25) is 0 Å². The molecule has 0 spiro atoms. The van der Waals surface area contributed by atoms with E-state index >= 15 is 0 Å². The molecule has 1 aliphatic heterocycles. The molecule has 0 aliphatic carbocycles. The zero-order valence-electron chi connectivity index (χ0n) is 31.9. The second kappa shape index (κ2) is 32.4. The average molecular weight is 717 g/mol. The van der Waals surface area contributed by atoms with E-state index in [4.69, 9.17) is 18.9 Å². The van der Waals surface area contributed by atoms with Crippen LogP contribution >= 0.6 is 0 Å². The van der Waals surface area contributed by atoms with Gasteiger partial charge < -0.3 is 39.4 Å². The van der Waals surface area contributed by atoms with Crippen LogP contribution in [0.15, 0.2) is 0 Å². The number of carbonyl (C=O) groups is 2. The molecule has 0 aromatic carbocycles. The van der Waals surface area contributed by atoms with Gasteiger partial charge in [-0.3, -0.25) is 9.59 Å². The molecule has 296 valence electrons. The molecule has 1 saturated heterocycles. The van der Waals surface area contributed by atoms with Crippen LogP contribution in [-0.2, 0) is 28.5 Å². The molecule has 1 aliphatic rings. The zero-order valence-corrected chi connectivity index (χ0v) is 31.9. The molecule has 1 rings (SSSR count). The van der Waals surface area contributed by atoms with Gasteiger partial charge in [0.1, 0.15) is 31.0 Å². The minimum Gasteiger partial charge on any atom is -0.462 e. The van der Waals surface area contributed by atoms with E-state index in [2.05, 4.69) is 13.8 Å². The number of aliphatic hydroxyl groups is 4. The maximum absolute atomic E-state index is 12.7. The Labute approximate surface area is 304 Å². The molecule has 1 fully saturated rings. The highest BCUT2D eigenvalue weighted by Crippen LogP contribution is 2.23. The van der Waals surface area contributed by atoms with E-state index in [9.17, 15) is 30.0 Å². The maximum atomic E-state index is 12.7. The first-order valence-electron chi connectivity index (χ1n) is 20.6. The van der Waals surface area contributed by atoms with E-state index in [1.54, 1.807) is 0 Å². The Hall–Kier alpha value is -1.30. The van der Waals surface area contributed by atoms with Crippen LogP contribution in [0.5, 0.6) is 0 Å². The number of hydrogen-bond donors (Lipinski definition) is 4. The van der Waals surface area contributed by atoms with Crippen LogP contribution in [0, 0.1) is 0 Å². The summed E-state index contributed by atoms with van der Waals surface area (Å²) in [5.74, 6) is -0.796. The smallest absolute Gasteiger partial charge is 0.306 e. The number of aliphatic hydroxyl groups excluding tert-OH is 4. The van der Waals surface area contributed by atoms with Gasteiger partial charge in [-0.1, -0.05) is 162 Å². The van der Waals surface area contributed by atoms with Gasteiger partial charge in [-0.05, 0) is 12.8 Å². The summed E-state index contributed by atoms with van der Waals surface area (Å²) in [6.45, 7) is 3.42. The van der Waals surface area contributed by atoms with Crippen LogP contribution in [0.4, 0.5) is 0 Å². The number of hydrogen-bond acceptors (Lipinski definition) is 10. The molecule has 0 unspecified atom stereocenters. The third-order valence-electron chi connectivity index (χ3n) is 9.74. The van der Waals surface area contributed by atoms with E-state index in [-0.39, 0.29) is 32.0 Å². The third kappa shape index (κ3) is 24.0. The van der Waals surface area contributed by atoms with Gasteiger partial charge in [0.25, 0.3) is 0 Å². The topological polar surface area (TPSA) is 152 Å². The maximum Gasteiger partial charge on any atom is 0.306 e. The lowest BCUT2D eigenvalue weighted by Crippen LogP contribution is -2.59. The minimum absolute atomic E-state index is 0.209. The highest BCUT2D eigenvalue weighted by Gasteiger charge is 2.44. The van der Waals surface area contributed by atoms with Crippen LogP contribution in [0.3, 0.4) is 0 Å². The summed E-state index contributed by atoms with van der Waals surface area (Å²) in [6.07, 6.45) is 22.5. The summed E-state index contributed by atoms with van der Waals surface area (Å²) in [6, 6.07) is 0. The van der Waals surface area contributed by atoms with Crippen molar-refractivity contribution in [3.63, 3.8) is 0 Å². The van der Waals surface area contributed by atoms with Gasteiger partial charge >= 0.3 is 11.9 Å². The number of ether oxygens (including phenoxy) is 4.